The molecule has 47 heavy (non-hydrogen) atoms. The van der Waals surface area contributed by atoms with Crippen molar-refractivity contribution in [1.82, 2.24) is 0 Å². The summed E-state index contributed by atoms with van der Waals surface area (Å²) in [4.78, 5) is 12.7. The van der Waals surface area contributed by atoms with Gasteiger partial charge in [0.2, 0.25) is 0 Å². The van der Waals surface area contributed by atoms with Gasteiger partial charge < -0.3 is 10.2 Å². The molecule has 258 valence electrons. The fourth-order valence-corrected chi connectivity index (χ4v) is 6.76. The van der Waals surface area contributed by atoms with E-state index in [1.54, 1.807) is 6.08 Å². The third-order valence-electron chi connectivity index (χ3n) is 9.72. The number of unbranched alkanes of at least 4 members (excludes halogenated alkanes) is 18. The molecule has 0 aromatic heterocycles. The van der Waals surface area contributed by atoms with E-state index in [1.165, 1.54) is 117 Å². The summed E-state index contributed by atoms with van der Waals surface area (Å²) in [6, 6.07) is 19.6. The Bertz CT molecular complexity index is 1270. The van der Waals surface area contributed by atoms with Crippen LogP contribution in [0.15, 0.2) is 72.8 Å². The lowest BCUT2D eigenvalue weighted by molar-refractivity contribution is -0.127. The molecule has 0 amide bonds. The fraction of sp³-hybridized carbons (Fsp3) is 0.568. The van der Waals surface area contributed by atoms with Crippen LogP contribution >= 0.6 is 0 Å². The van der Waals surface area contributed by atoms with Gasteiger partial charge >= 0.3 is 0 Å². The van der Waals surface area contributed by atoms with Gasteiger partial charge in [-0.15, -0.1) is 0 Å². The molecule has 3 aromatic rings. The molecule has 3 heteroatoms. The standard InChI is InChI=1S/C44H64O3/c1-2-3-4-5-6-7-8-9-10-13-16-19-22-33-43(46)42(36-45)44(47)34-23-20-17-14-11-12-15-18-21-32-41-39-30-26-24-28-37(39)35-38-29-25-27-31-40(38)41/h21-22,24-33,35,42-43,45-46H,2-20,23,34,36H2,1H3/b32-21+,33-22+/t42-,43+/m0/s1. The summed E-state index contributed by atoms with van der Waals surface area (Å²) < 4.78 is 0. The Labute approximate surface area is 286 Å². The molecule has 0 unspecified atom stereocenters. The van der Waals surface area contributed by atoms with Gasteiger partial charge in [-0.25, -0.2) is 0 Å². The molecule has 3 rings (SSSR count). The zero-order valence-electron chi connectivity index (χ0n) is 29.5. The number of fused-ring (bicyclic) bond motifs is 2. The summed E-state index contributed by atoms with van der Waals surface area (Å²) in [5.41, 5.74) is 1.32. The number of ketones is 1. The number of hydrogen-bond acceptors (Lipinski definition) is 3. The molecule has 0 fully saturated rings. The Balaban J connectivity index is 1.19. The average molecular weight is 641 g/mol. The second kappa shape index (κ2) is 24.4. The highest BCUT2D eigenvalue weighted by Gasteiger charge is 2.23. The number of aliphatic hydroxyl groups excluding tert-OH is 2. The van der Waals surface area contributed by atoms with Crippen molar-refractivity contribution >= 4 is 33.4 Å². The fourth-order valence-electron chi connectivity index (χ4n) is 6.76. The quantitative estimate of drug-likeness (QED) is 0.0495. The molecular weight excluding hydrogens is 576 g/mol. The van der Waals surface area contributed by atoms with Crippen LogP contribution in [0.5, 0.6) is 0 Å². The Morgan fingerprint density at radius 1 is 0.638 bits per heavy atom. The summed E-state index contributed by atoms with van der Waals surface area (Å²) in [5.74, 6) is -0.700. The lowest BCUT2D eigenvalue weighted by atomic mass is 9.93. The molecule has 0 spiro atoms. The highest BCUT2D eigenvalue weighted by molar-refractivity contribution is 6.06. The second-order valence-corrected chi connectivity index (χ2v) is 13.6. The number of carbonyl (C=O) groups is 1. The minimum absolute atomic E-state index is 0.00916. The van der Waals surface area contributed by atoms with E-state index in [2.05, 4.69) is 73.7 Å². The lowest BCUT2D eigenvalue weighted by Gasteiger charge is -2.17. The highest BCUT2D eigenvalue weighted by atomic mass is 16.3. The van der Waals surface area contributed by atoms with E-state index in [-0.39, 0.29) is 12.4 Å². The van der Waals surface area contributed by atoms with Crippen LogP contribution in [0.4, 0.5) is 0 Å². The zero-order valence-corrected chi connectivity index (χ0v) is 29.5. The molecule has 2 atom stereocenters. The molecule has 0 radical (unpaired) electrons. The van der Waals surface area contributed by atoms with Gasteiger partial charge in [-0.2, -0.15) is 0 Å². The minimum Gasteiger partial charge on any atom is -0.396 e. The molecule has 0 aliphatic rings. The second-order valence-electron chi connectivity index (χ2n) is 13.6. The summed E-state index contributed by atoms with van der Waals surface area (Å²) in [6.07, 6.45) is 32.3. The van der Waals surface area contributed by atoms with Crippen molar-refractivity contribution in [2.75, 3.05) is 6.61 Å². The Morgan fingerprint density at radius 3 is 1.64 bits per heavy atom. The predicted octanol–water partition coefficient (Wildman–Crippen LogP) is 12.3. The lowest BCUT2D eigenvalue weighted by Crippen LogP contribution is -2.30. The van der Waals surface area contributed by atoms with Gasteiger partial charge in [0.25, 0.3) is 0 Å². The van der Waals surface area contributed by atoms with Gasteiger partial charge in [0.1, 0.15) is 5.78 Å². The summed E-state index contributed by atoms with van der Waals surface area (Å²) >= 11 is 0. The van der Waals surface area contributed by atoms with Gasteiger partial charge in [-0.1, -0.05) is 176 Å². The first-order valence-corrected chi connectivity index (χ1v) is 19.2. The first kappa shape index (κ1) is 38.7. The number of carbonyl (C=O) groups excluding carboxylic acids is 1. The average Bonchev–Trinajstić information content (AvgIpc) is 3.09. The monoisotopic (exact) mass is 640 g/mol. The van der Waals surface area contributed by atoms with Crippen molar-refractivity contribution in [3.63, 3.8) is 0 Å². The van der Waals surface area contributed by atoms with Crippen molar-refractivity contribution in [1.29, 1.82) is 0 Å². The van der Waals surface area contributed by atoms with E-state index in [9.17, 15) is 15.0 Å². The summed E-state index contributed by atoms with van der Waals surface area (Å²) in [5, 5.41) is 25.5. The number of hydrogen-bond donors (Lipinski definition) is 2. The number of aliphatic hydroxyl groups is 2. The van der Waals surface area contributed by atoms with E-state index in [0.29, 0.717) is 6.42 Å². The third-order valence-corrected chi connectivity index (χ3v) is 9.72. The van der Waals surface area contributed by atoms with Gasteiger partial charge in [-0.05, 0) is 65.3 Å². The topological polar surface area (TPSA) is 57.5 Å². The van der Waals surface area contributed by atoms with Crippen LogP contribution in [0, 0.1) is 5.92 Å². The number of Topliss-reactive ketones (excluding diaryl/α,β-unsaturated/α-hetero) is 1. The Hall–Kier alpha value is -2.75. The first-order chi connectivity index (χ1) is 23.2. The molecule has 0 bridgehead atoms. The predicted molar refractivity (Wildman–Crippen MR) is 204 cm³/mol. The van der Waals surface area contributed by atoms with E-state index < -0.39 is 12.0 Å². The largest absolute Gasteiger partial charge is 0.396 e. The van der Waals surface area contributed by atoms with Gasteiger partial charge in [0, 0.05) is 6.42 Å². The highest BCUT2D eigenvalue weighted by Crippen LogP contribution is 2.29. The number of rotatable bonds is 27. The zero-order chi connectivity index (χ0) is 33.4. The molecule has 3 aromatic carbocycles. The maximum atomic E-state index is 12.7. The Kier molecular flexibility index (Phi) is 20.1. The van der Waals surface area contributed by atoms with E-state index in [0.717, 1.165) is 38.5 Å². The molecular formula is C44H64O3. The van der Waals surface area contributed by atoms with Crippen molar-refractivity contribution in [2.45, 2.75) is 148 Å². The van der Waals surface area contributed by atoms with Crippen LogP contribution < -0.4 is 0 Å². The van der Waals surface area contributed by atoms with Crippen LogP contribution in [-0.2, 0) is 4.79 Å². The van der Waals surface area contributed by atoms with Crippen molar-refractivity contribution < 1.29 is 15.0 Å². The minimum atomic E-state index is -0.881. The van der Waals surface area contributed by atoms with Crippen LogP contribution in [-0.4, -0.2) is 28.7 Å². The number of benzene rings is 3. The van der Waals surface area contributed by atoms with Gasteiger partial charge in [0.05, 0.1) is 18.6 Å². The van der Waals surface area contributed by atoms with Crippen LogP contribution in [0.3, 0.4) is 0 Å². The maximum Gasteiger partial charge on any atom is 0.141 e. The van der Waals surface area contributed by atoms with Crippen LogP contribution in [0.2, 0.25) is 0 Å². The van der Waals surface area contributed by atoms with Gasteiger partial charge in [0.15, 0.2) is 0 Å². The van der Waals surface area contributed by atoms with Crippen LogP contribution in [0.25, 0.3) is 27.6 Å². The third kappa shape index (κ3) is 14.9. The number of allylic oxidation sites excluding steroid dienone is 2. The van der Waals surface area contributed by atoms with Crippen molar-refractivity contribution in [2.24, 2.45) is 5.92 Å². The molecule has 0 aliphatic heterocycles. The maximum absolute atomic E-state index is 12.7. The molecule has 0 saturated carbocycles. The molecule has 0 aliphatic carbocycles. The molecule has 2 N–H and O–H groups in total. The van der Waals surface area contributed by atoms with Crippen LogP contribution in [0.1, 0.15) is 147 Å². The van der Waals surface area contributed by atoms with E-state index >= 15 is 0 Å². The molecule has 0 heterocycles. The molecule has 0 saturated heterocycles. The van der Waals surface area contributed by atoms with E-state index in [1.807, 2.05) is 6.08 Å². The summed E-state index contributed by atoms with van der Waals surface area (Å²) in [6.45, 7) is 1.98. The van der Waals surface area contributed by atoms with E-state index in [4.69, 9.17) is 0 Å². The SMILES string of the molecule is CCCCCCCCCCCCC/C=C/[C@@H](O)[C@H](CO)C(=O)CCCCCCCCC/C=C/c1c2ccccc2cc2ccccc12. The normalized spacial score (nSPS) is 13.3. The van der Waals surface area contributed by atoms with Crippen molar-refractivity contribution in [3.8, 4) is 0 Å². The molecule has 3 nitrogen and oxygen atoms in total. The summed E-state index contributed by atoms with van der Waals surface area (Å²) in [7, 11) is 0. The first-order valence-electron chi connectivity index (χ1n) is 19.2. The van der Waals surface area contributed by atoms with Gasteiger partial charge in [-0.3, -0.25) is 4.79 Å². The smallest absolute Gasteiger partial charge is 0.141 e. The Morgan fingerprint density at radius 2 is 1.11 bits per heavy atom. The van der Waals surface area contributed by atoms with Crippen molar-refractivity contribution in [3.05, 3.63) is 78.4 Å².